The number of H-pyrrole nitrogens is 1. The normalized spacial score (nSPS) is 8.40. The summed E-state index contributed by atoms with van der Waals surface area (Å²) in [5, 5.41) is 3.08. The molecule has 6 heteroatoms. The summed E-state index contributed by atoms with van der Waals surface area (Å²) in [5.41, 5.74) is 7.57. The average molecular weight is 137 g/mol. The highest BCUT2D eigenvalue weighted by Crippen LogP contribution is 1.95. The summed E-state index contributed by atoms with van der Waals surface area (Å²) in [6, 6.07) is 1.23. The van der Waals surface area contributed by atoms with Crippen molar-refractivity contribution in [1.29, 1.82) is 0 Å². The van der Waals surface area contributed by atoms with Crippen LogP contribution in [0, 0.1) is 0 Å². The Morgan fingerprint density at radius 1 is 1.80 bits per heavy atom. The summed E-state index contributed by atoms with van der Waals surface area (Å²) in [4.78, 5) is 18.7. The molecule has 50 valence electrons. The minimum atomic E-state index is -0.336. The Balaban J connectivity index is 3.19. The van der Waals surface area contributed by atoms with E-state index in [9.17, 15) is 4.79 Å². The molecule has 0 bridgehead atoms. The van der Waals surface area contributed by atoms with Gasteiger partial charge in [0.05, 0.1) is 0 Å². The summed E-state index contributed by atoms with van der Waals surface area (Å²) in [6.45, 7) is 0. The van der Waals surface area contributed by atoms with Crippen LogP contribution in [0.25, 0.3) is 10.4 Å². The third kappa shape index (κ3) is 1.33. The molecule has 0 fully saturated rings. The van der Waals surface area contributed by atoms with Crippen LogP contribution in [0.5, 0.6) is 0 Å². The fourth-order valence-corrected chi connectivity index (χ4v) is 0.453. The van der Waals surface area contributed by atoms with E-state index < -0.39 is 0 Å². The standard InChI is InChI=1S/C4H3N5O/c5-9-8-4-6-2-1-3(10)7-4/h1-2H,(H,6,7,10). The lowest BCUT2D eigenvalue weighted by Crippen LogP contribution is -2.02. The smallest absolute Gasteiger partial charge is 0.250 e. The molecule has 0 aliphatic heterocycles. The number of hydrogen-bond donors (Lipinski definition) is 1. The third-order valence-electron chi connectivity index (χ3n) is 0.797. The van der Waals surface area contributed by atoms with Crippen molar-refractivity contribution in [3.05, 3.63) is 33.1 Å². The molecule has 10 heavy (non-hydrogen) atoms. The predicted octanol–water partition coefficient (Wildman–Crippen LogP) is 0.712. The van der Waals surface area contributed by atoms with Gasteiger partial charge < -0.3 is 4.98 Å². The molecule has 1 aromatic rings. The fourth-order valence-electron chi connectivity index (χ4n) is 0.453. The van der Waals surface area contributed by atoms with Crippen LogP contribution in [-0.4, -0.2) is 9.97 Å². The highest BCUT2D eigenvalue weighted by Gasteiger charge is 1.86. The van der Waals surface area contributed by atoms with Gasteiger partial charge in [-0.2, -0.15) is 0 Å². The van der Waals surface area contributed by atoms with Crippen molar-refractivity contribution in [3.8, 4) is 0 Å². The Kier molecular flexibility index (Phi) is 1.67. The highest BCUT2D eigenvalue weighted by molar-refractivity contribution is 5.10. The number of rotatable bonds is 1. The van der Waals surface area contributed by atoms with Gasteiger partial charge in [-0.25, -0.2) is 4.98 Å². The van der Waals surface area contributed by atoms with Gasteiger partial charge in [0.25, 0.3) is 5.56 Å². The first-order chi connectivity index (χ1) is 4.83. The first-order valence-corrected chi connectivity index (χ1v) is 2.43. The van der Waals surface area contributed by atoms with Crippen molar-refractivity contribution in [1.82, 2.24) is 9.97 Å². The van der Waals surface area contributed by atoms with Crippen molar-refractivity contribution >= 4 is 5.95 Å². The van der Waals surface area contributed by atoms with Crippen molar-refractivity contribution in [2.24, 2.45) is 5.11 Å². The number of aromatic nitrogens is 2. The zero-order chi connectivity index (χ0) is 7.40. The minimum absolute atomic E-state index is 0.0185. The molecule has 0 aromatic carbocycles. The predicted molar refractivity (Wildman–Crippen MR) is 33.7 cm³/mol. The highest BCUT2D eigenvalue weighted by atomic mass is 16.1. The molecule has 6 nitrogen and oxygen atoms in total. The van der Waals surface area contributed by atoms with Gasteiger partial charge in [0.2, 0.25) is 0 Å². The topological polar surface area (TPSA) is 94.5 Å². The molecule has 0 aliphatic rings. The Morgan fingerprint density at radius 3 is 3.20 bits per heavy atom. The Morgan fingerprint density at radius 2 is 2.60 bits per heavy atom. The minimum Gasteiger partial charge on any atom is -0.305 e. The number of azide groups is 1. The van der Waals surface area contributed by atoms with Crippen LogP contribution in [-0.2, 0) is 0 Å². The lowest BCUT2D eigenvalue weighted by atomic mass is 10.7. The fraction of sp³-hybridized carbons (Fsp3) is 0. The van der Waals surface area contributed by atoms with Gasteiger partial charge in [0.15, 0.2) is 5.95 Å². The van der Waals surface area contributed by atoms with Gasteiger partial charge >= 0.3 is 0 Å². The second-order valence-electron chi connectivity index (χ2n) is 1.45. The van der Waals surface area contributed by atoms with Crippen molar-refractivity contribution in [3.63, 3.8) is 0 Å². The van der Waals surface area contributed by atoms with Crippen LogP contribution >= 0.6 is 0 Å². The number of nitrogens with zero attached hydrogens (tertiary/aromatic N) is 4. The Hall–Kier alpha value is -1.81. The summed E-state index contributed by atoms with van der Waals surface area (Å²) in [7, 11) is 0. The molecule has 1 aromatic heterocycles. The molecule has 0 amide bonds. The lowest BCUT2D eigenvalue weighted by Gasteiger charge is -1.84. The summed E-state index contributed by atoms with van der Waals surface area (Å²) < 4.78 is 0. The van der Waals surface area contributed by atoms with Gasteiger partial charge in [-0.3, -0.25) is 4.79 Å². The maximum atomic E-state index is 10.5. The molecule has 0 unspecified atom stereocenters. The average Bonchev–Trinajstić information content (AvgIpc) is 1.88. The SMILES string of the molecule is [N-]=[N+]=Nc1nccc(=O)[nH]1. The van der Waals surface area contributed by atoms with Gasteiger partial charge in [-0.1, -0.05) is 0 Å². The monoisotopic (exact) mass is 137 g/mol. The van der Waals surface area contributed by atoms with E-state index in [1.54, 1.807) is 0 Å². The van der Waals surface area contributed by atoms with E-state index in [-0.39, 0.29) is 11.5 Å². The quantitative estimate of drug-likeness (QED) is 0.350. The van der Waals surface area contributed by atoms with Crippen molar-refractivity contribution < 1.29 is 0 Å². The number of hydrogen-bond acceptors (Lipinski definition) is 3. The van der Waals surface area contributed by atoms with Crippen molar-refractivity contribution in [2.45, 2.75) is 0 Å². The van der Waals surface area contributed by atoms with Crippen LogP contribution in [0.4, 0.5) is 5.95 Å². The van der Waals surface area contributed by atoms with E-state index in [1.165, 1.54) is 12.3 Å². The first kappa shape index (κ1) is 6.31. The first-order valence-electron chi connectivity index (χ1n) is 2.43. The summed E-state index contributed by atoms with van der Waals surface area (Å²) in [5.74, 6) is -0.0185. The molecular formula is C4H3N5O. The third-order valence-corrected chi connectivity index (χ3v) is 0.797. The molecule has 0 saturated carbocycles. The van der Waals surface area contributed by atoms with E-state index in [1.807, 2.05) is 0 Å². The van der Waals surface area contributed by atoms with E-state index >= 15 is 0 Å². The summed E-state index contributed by atoms with van der Waals surface area (Å²) >= 11 is 0. The zero-order valence-corrected chi connectivity index (χ0v) is 4.85. The Bertz CT molecular complexity index is 322. The molecule has 0 radical (unpaired) electrons. The number of aromatic amines is 1. The molecule has 1 N–H and O–H groups in total. The van der Waals surface area contributed by atoms with Gasteiger partial charge in [-0.15, -0.1) is 0 Å². The van der Waals surface area contributed by atoms with E-state index in [0.717, 1.165) is 0 Å². The van der Waals surface area contributed by atoms with E-state index in [2.05, 4.69) is 20.0 Å². The van der Waals surface area contributed by atoms with Crippen LogP contribution in [0.2, 0.25) is 0 Å². The second-order valence-corrected chi connectivity index (χ2v) is 1.45. The molecule has 1 rings (SSSR count). The largest absolute Gasteiger partial charge is 0.305 e. The maximum absolute atomic E-state index is 10.5. The Labute approximate surface area is 55.2 Å². The van der Waals surface area contributed by atoms with E-state index in [4.69, 9.17) is 5.53 Å². The zero-order valence-electron chi connectivity index (χ0n) is 4.85. The van der Waals surface area contributed by atoms with Gasteiger partial charge in [0, 0.05) is 17.2 Å². The molecule has 1 heterocycles. The molecule has 0 saturated heterocycles. The molecule has 0 atom stereocenters. The number of nitrogens with one attached hydrogen (secondary N) is 1. The molecule has 0 aliphatic carbocycles. The van der Waals surface area contributed by atoms with Crippen LogP contribution < -0.4 is 5.56 Å². The molecular weight excluding hydrogens is 134 g/mol. The van der Waals surface area contributed by atoms with Crippen LogP contribution in [0.1, 0.15) is 0 Å². The van der Waals surface area contributed by atoms with Crippen LogP contribution in [0.15, 0.2) is 22.2 Å². The van der Waals surface area contributed by atoms with Gasteiger partial charge in [0.1, 0.15) is 0 Å². The van der Waals surface area contributed by atoms with Crippen LogP contribution in [0.3, 0.4) is 0 Å². The maximum Gasteiger partial charge on any atom is 0.250 e. The summed E-state index contributed by atoms with van der Waals surface area (Å²) in [6.07, 6.45) is 1.27. The van der Waals surface area contributed by atoms with Crippen molar-refractivity contribution in [2.75, 3.05) is 0 Å². The second kappa shape index (κ2) is 2.65. The lowest BCUT2D eigenvalue weighted by molar-refractivity contribution is 1.09. The molecule has 0 spiro atoms. The van der Waals surface area contributed by atoms with E-state index in [0.29, 0.717) is 0 Å². The van der Waals surface area contributed by atoms with Gasteiger partial charge in [-0.05, 0) is 10.6 Å².